The number of hydrogen-bond acceptors (Lipinski definition) is 4. The van der Waals surface area contributed by atoms with Crippen molar-refractivity contribution in [1.82, 2.24) is 0 Å². The monoisotopic (exact) mass is 297 g/mol. The number of carbonyl (C=O) groups excluding carboxylic acids is 1. The largest absolute Gasteiger partial charge is 0.508 e. The molecular formula is C17H15NO4. The quantitative estimate of drug-likeness (QED) is 0.855. The van der Waals surface area contributed by atoms with Crippen molar-refractivity contribution < 1.29 is 19.4 Å². The Hall–Kier alpha value is -2.95. The fourth-order valence-corrected chi connectivity index (χ4v) is 2.40. The van der Waals surface area contributed by atoms with Crippen LogP contribution in [0.3, 0.4) is 0 Å². The van der Waals surface area contributed by atoms with Crippen molar-refractivity contribution in [2.45, 2.75) is 0 Å². The summed E-state index contributed by atoms with van der Waals surface area (Å²) < 4.78 is 10.5. The Bertz CT molecular complexity index is 763. The lowest BCUT2D eigenvalue weighted by Crippen LogP contribution is -2.03. The average Bonchev–Trinajstić information content (AvgIpc) is 2.83. The number of phenols is 1. The fourth-order valence-electron chi connectivity index (χ4n) is 2.40. The zero-order valence-electron chi connectivity index (χ0n) is 12.2. The molecular weight excluding hydrogens is 282 g/mol. The fraction of sp³-hybridized carbons (Fsp3) is 0.118. The van der Waals surface area contributed by atoms with Crippen LogP contribution >= 0.6 is 0 Å². The maximum Gasteiger partial charge on any atom is 0.256 e. The van der Waals surface area contributed by atoms with Crippen molar-refractivity contribution in [3.63, 3.8) is 0 Å². The second kappa shape index (κ2) is 5.44. The molecule has 0 fully saturated rings. The van der Waals surface area contributed by atoms with Gasteiger partial charge in [-0.3, -0.25) is 4.79 Å². The zero-order valence-corrected chi connectivity index (χ0v) is 12.2. The van der Waals surface area contributed by atoms with Gasteiger partial charge in [0.25, 0.3) is 5.91 Å². The van der Waals surface area contributed by atoms with Crippen LogP contribution in [0.5, 0.6) is 17.2 Å². The van der Waals surface area contributed by atoms with Crippen LogP contribution in [0.25, 0.3) is 11.6 Å². The van der Waals surface area contributed by atoms with Crippen LogP contribution in [0, 0.1) is 0 Å². The van der Waals surface area contributed by atoms with E-state index in [4.69, 9.17) is 9.47 Å². The maximum atomic E-state index is 12.2. The van der Waals surface area contributed by atoms with Crippen LogP contribution in [0.2, 0.25) is 0 Å². The Morgan fingerprint density at radius 3 is 2.32 bits per heavy atom. The Morgan fingerprint density at radius 1 is 1.05 bits per heavy atom. The smallest absolute Gasteiger partial charge is 0.256 e. The molecule has 0 unspecified atom stereocenters. The second-order valence-corrected chi connectivity index (χ2v) is 4.86. The van der Waals surface area contributed by atoms with E-state index < -0.39 is 0 Å². The second-order valence-electron chi connectivity index (χ2n) is 4.86. The predicted octanol–water partition coefficient (Wildman–Crippen LogP) is 2.90. The summed E-state index contributed by atoms with van der Waals surface area (Å²) in [6.07, 6.45) is 1.77. The predicted molar refractivity (Wildman–Crippen MR) is 84.2 cm³/mol. The molecule has 0 spiro atoms. The van der Waals surface area contributed by atoms with Crippen molar-refractivity contribution in [3.8, 4) is 17.2 Å². The topological polar surface area (TPSA) is 67.8 Å². The highest BCUT2D eigenvalue weighted by atomic mass is 16.5. The summed E-state index contributed by atoms with van der Waals surface area (Å²) in [6, 6.07) is 10.2. The summed E-state index contributed by atoms with van der Waals surface area (Å²) in [6.45, 7) is 0. The highest BCUT2D eigenvalue weighted by molar-refractivity contribution is 6.35. The van der Waals surface area contributed by atoms with E-state index in [1.165, 1.54) is 0 Å². The van der Waals surface area contributed by atoms with Crippen molar-refractivity contribution >= 4 is 23.2 Å². The molecule has 1 aliphatic heterocycles. The highest BCUT2D eigenvalue weighted by Gasteiger charge is 2.26. The molecule has 3 rings (SSSR count). The van der Waals surface area contributed by atoms with Gasteiger partial charge in [0.15, 0.2) is 11.5 Å². The van der Waals surface area contributed by atoms with Crippen LogP contribution in [-0.4, -0.2) is 25.2 Å². The van der Waals surface area contributed by atoms with Crippen LogP contribution in [-0.2, 0) is 4.79 Å². The average molecular weight is 297 g/mol. The summed E-state index contributed by atoms with van der Waals surface area (Å²) in [5.41, 5.74) is 2.82. The van der Waals surface area contributed by atoms with E-state index in [0.717, 1.165) is 11.1 Å². The third-order valence-corrected chi connectivity index (χ3v) is 3.51. The lowest BCUT2D eigenvalue weighted by molar-refractivity contribution is -0.110. The first kappa shape index (κ1) is 14.0. The van der Waals surface area contributed by atoms with E-state index in [0.29, 0.717) is 22.8 Å². The van der Waals surface area contributed by atoms with E-state index in [9.17, 15) is 9.90 Å². The van der Waals surface area contributed by atoms with Crippen molar-refractivity contribution in [3.05, 3.63) is 47.5 Å². The molecule has 22 heavy (non-hydrogen) atoms. The van der Waals surface area contributed by atoms with Gasteiger partial charge in [0.2, 0.25) is 0 Å². The molecule has 0 aliphatic carbocycles. The third-order valence-electron chi connectivity index (χ3n) is 3.51. The maximum absolute atomic E-state index is 12.2. The van der Waals surface area contributed by atoms with Crippen LogP contribution in [0.1, 0.15) is 11.1 Å². The zero-order chi connectivity index (χ0) is 15.7. The van der Waals surface area contributed by atoms with Gasteiger partial charge >= 0.3 is 0 Å². The van der Waals surface area contributed by atoms with Gasteiger partial charge in [-0.2, -0.15) is 0 Å². The number of aromatic hydroxyl groups is 1. The number of anilines is 1. The molecule has 0 aromatic heterocycles. The van der Waals surface area contributed by atoms with Crippen molar-refractivity contribution in [2.75, 3.05) is 19.5 Å². The van der Waals surface area contributed by atoms with E-state index in [1.807, 2.05) is 0 Å². The highest BCUT2D eigenvalue weighted by Crippen LogP contribution is 2.41. The first-order valence-corrected chi connectivity index (χ1v) is 6.71. The number of ether oxygens (including phenoxy) is 2. The van der Waals surface area contributed by atoms with Crippen LogP contribution < -0.4 is 14.8 Å². The lowest BCUT2D eigenvalue weighted by atomic mass is 10.0. The molecule has 2 N–H and O–H groups in total. The van der Waals surface area contributed by atoms with E-state index in [1.54, 1.807) is 56.7 Å². The van der Waals surface area contributed by atoms with Gasteiger partial charge in [0.1, 0.15) is 5.75 Å². The number of rotatable bonds is 3. The summed E-state index contributed by atoms with van der Waals surface area (Å²) in [4.78, 5) is 12.2. The molecule has 0 saturated carbocycles. The normalized spacial score (nSPS) is 14.6. The van der Waals surface area contributed by atoms with Gasteiger partial charge in [-0.25, -0.2) is 0 Å². The number of methoxy groups -OCH3 is 2. The van der Waals surface area contributed by atoms with Gasteiger partial charge in [-0.15, -0.1) is 0 Å². The Balaban J connectivity index is 2.09. The molecule has 1 aliphatic rings. The standard InChI is InChI=1S/C17H15NO4/c1-21-15-8-12-13(7-10-3-5-11(19)6-4-10)17(20)18-14(12)9-16(15)22-2/h3-9,19H,1-2H3,(H,18,20)/b13-7-. The molecule has 0 bridgehead atoms. The molecule has 112 valence electrons. The van der Waals surface area contributed by atoms with Gasteiger partial charge in [-0.05, 0) is 29.8 Å². The SMILES string of the molecule is COc1cc2c(cc1OC)/C(=C/c1ccc(O)cc1)C(=O)N2. The van der Waals surface area contributed by atoms with E-state index in [-0.39, 0.29) is 11.7 Å². The Labute approximate surface area is 127 Å². The molecule has 1 heterocycles. The molecule has 0 saturated heterocycles. The molecule has 0 radical (unpaired) electrons. The van der Waals surface area contributed by atoms with Crippen molar-refractivity contribution in [1.29, 1.82) is 0 Å². The lowest BCUT2D eigenvalue weighted by Gasteiger charge is -2.09. The van der Waals surface area contributed by atoms with E-state index >= 15 is 0 Å². The number of benzene rings is 2. The van der Waals surface area contributed by atoms with Crippen LogP contribution in [0.15, 0.2) is 36.4 Å². The Morgan fingerprint density at radius 2 is 1.68 bits per heavy atom. The van der Waals surface area contributed by atoms with E-state index in [2.05, 4.69) is 5.32 Å². The molecule has 1 amide bonds. The summed E-state index contributed by atoms with van der Waals surface area (Å²) in [7, 11) is 3.10. The minimum absolute atomic E-state index is 0.182. The number of phenolic OH excluding ortho intramolecular Hbond substituents is 1. The number of nitrogens with one attached hydrogen (secondary N) is 1. The van der Waals surface area contributed by atoms with Gasteiger partial charge in [0, 0.05) is 17.2 Å². The first-order chi connectivity index (χ1) is 10.6. The van der Waals surface area contributed by atoms with Gasteiger partial charge in [-0.1, -0.05) is 12.1 Å². The van der Waals surface area contributed by atoms with Gasteiger partial charge < -0.3 is 19.9 Å². The molecule has 5 nitrogen and oxygen atoms in total. The van der Waals surface area contributed by atoms with Crippen molar-refractivity contribution in [2.24, 2.45) is 0 Å². The molecule has 5 heteroatoms. The summed E-state index contributed by atoms with van der Waals surface area (Å²) in [5.74, 6) is 1.13. The number of carbonyl (C=O) groups is 1. The minimum Gasteiger partial charge on any atom is -0.508 e. The number of amides is 1. The molecule has 2 aromatic rings. The summed E-state index contributed by atoms with van der Waals surface area (Å²) in [5, 5.41) is 12.1. The third kappa shape index (κ3) is 2.37. The Kier molecular flexibility index (Phi) is 3.47. The number of hydrogen-bond donors (Lipinski definition) is 2. The van der Waals surface area contributed by atoms with Gasteiger partial charge in [0.05, 0.1) is 19.9 Å². The number of fused-ring (bicyclic) bond motifs is 1. The molecule has 0 atom stereocenters. The summed E-state index contributed by atoms with van der Waals surface area (Å²) >= 11 is 0. The first-order valence-electron chi connectivity index (χ1n) is 6.71. The van der Waals surface area contributed by atoms with Crippen LogP contribution in [0.4, 0.5) is 5.69 Å². The molecule has 2 aromatic carbocycles. The minimum atomic E-state index is -0.182.